The van der Waals surface area contributed by atoms with Crippen molar-refractivity contribution >= 4 is 38.7 Å². The Morgan fingerprint density at radius 1 is 0.322 bits per heavy atom. The van der Waals surface area contributed by atoms with Gasteiger partial charge in [0.2, 0.25) is 0 Å². The van der Waals surface area contributed by atoms with Gasteiger partial charge in [0.15, 0.2) is 0 Å². The Bertz CT molecular complexity index is 2420. The van der Waals surface area contributed by atoms with Crippen LogP contribution in [0.15, 0.2) is 193 Å². The van der Waals surface area contributed by atoms with E-state index in [2.05, 4.69) is 256 Å². The standard InChI is InChI=1S/C56H51BrN2/c1-55(2,3)44-33-49(38-20-11-7-12-21-38)53(50(34-44)39-22-13-8-14-23-39)58-47-31-43(42-28-19-29-46(57)30-42)32-48(37-47)59-54-51(40-24-15-9-16-25-40)35-45(56(4,5)6)36-52(54)41-26-17-10-18-27-41/h7-37,58-59H,1-6H3. The highest BCUT2D eigenvalue weighted by molar-refractivity contribution is 9.10. The van der Waals surface area contributed by atoms with E-state index in [0.29, 0.717) is 0 Å². The largest absolute Gasteiger partial charge is 0.354 e. The summed E-state index contributed by atoms with van der Waals surface area (Å²) in [5, 5.41) is 8.08. The van der Waals surface area contributed by atoms with E-state index in [0.717, 1.165) is 60.6 Å². The molecule has 8 aromatic carbocycles. The summed E-state index contributed by atoms with van der Waals surface area (Å²) in [5.41, 5.74) is 18.1. The summed E-state index contributed by atoms with van der Waals surface area (Å²) in [6, 6.07) is 67.9. The smallest absolute Gasteiger partial charge is 0.0543 e. The lowest BCUT2D eigenvalue weighted by molar-refractivity contribution is 0.590. The van der Waals surface area contributed by atoms with E-state index in [4.69, 9.17) is 0 Å². The summed E-state index contributed by atoms with van der Waals surface area (Å²) in [7, 11) is 0. The molecule has 2 N–H and O–H groups in total. The number of nitrogens with one attached hydrogen (secondary N) is 2. The lowest BCUT2D eigenvalue weighted by atomic mass is 9.82. The number of anilines is 4. The van der Waals surface area contributed by atoms with Gasteiger partial charge >= 0.3 is 0 Å². The maximum absolute atomic E-state index is 4.04. The van der Waals surface area contributed by atoms with Gasteiger partial charge in [0, 0.05) is 38.1 Å². The maximum Gasteiger partial charge on any atom is 0.0543 e. The van der Waals surface area contributed by atoms with Crippen molar-refractivity contribution in [2.45, 2.75) is 52.4 Å². The monoisotopic (exact) mass is 830 g/mol. The Hall–Kier alpha value is -6.16. The van der Waals surface area contributed by atoms with Gasteiger partial charge in [-0.25, -0.2) is 0 Å². The second-order valence-corrected chi connectivity index (χ2v) is 18.3. The minimum atomic E-state index is -0.0568. The predicted octanol–water partition coefficient (Wildman–Crippen LogP) is 16.9. The lowest BCUT2D eigenvalue weighted by Gasteiger charge is -2.26. The highest BCUT2D eigenvalue weighted by Gasteiger charge is 2.23. The highest BCUT2D eigenvalue weighted by atomic mass is 79.9. The van der Waals surface area contributed by atoms with Crippen molar-refractivity contribution in [1.82, 2.24) is 0 Å². The molecule has 3 heteroatoms. The van der Waals surface area contributed by atoms with E-state index in [1.54, 1.807) is 0 Å². The van der Waals surface area contributed by atoms with Crippen molar-refractivity contribution in [2.24, 2.45) is 0 Å². The fourth-order valence-corrected chi connectivity index (χ4v) is 8.10. The van der Waals surface area contributed by atoms with Crippen LogP contribution in [0, 0.1) is 0 Å². The van der Waals surface area contributed by atoms with Crippen LogP contribution in [0.5, 0.6) is 0 Å². The van der Waals surface area contributed by atoms with Crippen LogP contribution in [0.25, 0.3) is 55.6 Å². The van der Waals surface area contributed by atoms with Crippen LogP contribution in [0.4, 0.5) is 22.7 Å². The second kappa shape index (κ2) is 16.6. The molecule has 0 aliphatic carbocycles. The van der Waals surface area contributed by atoms with Crippen LogP contribution in [-0.2, 0) is 10.8 Å². The Balaban J connectivity index is 1.37. The Morgan fingerprint density at radius 2 is 0.644 bits per heavy atom. The first-order chi connectivity index (χ1) is 28.4. The maximum atomic E-state index is 4.04. The second-order valence-electron chi connectivity index (χ2n) is 17.4. The van der Waals surface area contributed by atoms with Crippen LogP contribution in [0.2, 0.25) is 0 Å². The zero-order valence-corrected chi connectivity index (χ0v) is 36.4. The molecule has 0 amide bonds. The van der Waals surface area contributed by atoms with E-state index in [-0.39, 0.29) is 10.8 Å². The van der Waals surface area contributed by atoms with Crippen molar-refractivity contribution in [2.75, 3.05) is 10.6 Å². The number of benzene rings is 8. The molecule has 0 aliphatic rings. The molecule has 8 aromatic rings. The molecular weight excluding hydrogens is 781 g/mol. The third kappa shape index (κ3) is 8.97. The van der Waals surface area contributed by atoms with Gasteiger partial charge in [-0.2, -0.15) is 0 Å². The molecule has 59 heavy (non-hydrogen) atoms. The number of hydrogen-bond donors (Lipinski definition) is 2. The molecule has 0 unspecified atom stereocenters. The normalized spacial score (nSPS) is 11.6. The Kier molecular flexibility index (Phi) is 11.2. The fraction of sp³-hybridized carbons (Fsp3) is 0.143. The van der Waals surface area contributed by atoms with Gasteiger partial charge in [0.1, 0.15) is 0 Å². The highest BCUT2D eigenvalue weighted by Crippen LogP contribution is 2.46. The third-order valence-corrected chi connectivity index (χ3v) is 11.5. The molecule has 292 valence electrons. The molecule has 2 nitrogen and oxygen atoms in total. The van der Waals surface area contributed by atoms with E-state index < -0.39 is 0 Å². The molecule has 0 bridgehead atoms. The molecule has 0 spiro atoms. The lowest BCUT2D eigenvalue weighted by Crippen LogP contribution is -2.12. The van der Waals surface area contributed by atoms with Gasteiger partial charge in [-0.3, -0.25) is 0 Å². The number of hydrogen-bond acceptors (Lipinski definition) is 2. The number of halogens is 1. The van der Waals surface area contributed by atoms with Crippen molar-refractivity contribution in [3.8, 4) is 55.6 Å². The quantitative estimate of drug-likeness (QED) is 0.151. The molecule has 0 saturated carbocycles. The topological polar surface area (TPSA) is 24.1 Å². The molecule has 0 saturated heterocycles. The van der Waals surface area contributed by atoms with Gasteiger partial charge in [0.25, 0.3) is 0 Å². The van der Waals surface area contributed by atoms with Crippen molar-refractivity contribution < 1.29 is 0 Å². The Labute approximate surface area is 359 Å². The van der Waals surface area contributed by atoms with Gasteiger partial charge in [-0.1, -0.05) is 191 Å². The van der Waals surface area contributed by atoms with Crippen LogP contribution in [-0.4, -0.2) is 0 Å². The van der Waals surface area contributed by atoms with Crippen LogP contribution >= 0.6 is 15.9 Å². The molecule has 0 radical (unpaired) electrons. The molecule has 0 atom stereocenters. The summed E-state index contributed by atoms with van der Waals surface area (Å²) >= 11 is 3.76. The zero-order chi connectivity index (χ0) is 41.1. The summed E-state index contributed by atoms with van der Waals surface area (Å²) in [4.78, 5) is 0. The fourth-order valence-electron chi connectivity index (χ4n) is 7.70. The first kappa shape index (κ1) is 39.7. The van der Waals surface area contributed by atoms with E-state index in [9.17, 15) is 0 Å². The average Bonchev–Trinajstić information content (AvgIpc) is 3.24. The average molecular weight is 832 g/mol. The van der Waals surface area contributed by atoms with Crippen LogP contribution in [0.1, 0.15) is 52.7 Å². The minimum absolute atomic E-state index is 0.0568. The summed E-state index contributed by atoms with van der Waals surface area (Å²) in [6.07, 6.45) is 0. The van der Waals surface area contributed by atoms with Crippen LogP contribution < -0.4 is 10.6 Å². The van der Waals surface area contributed by atoms with Crippen molar-refractivity contribution in [1.29, 1.82) is 0 Å². The van der Waals surface area contributed by atoms with E-state index in [1.165, 1.54) is 33.4 Å². The zero-order valence-electron chi connectivity index (χ0n) is 34.8. The summed E-state index contributed by atoms with van der Waals surface area (Å²) < 4.78 is 1.04. The molecule has 0 fully saturated rings. The Morgan fingerprint density at radius 3 is 0.949 bits per heavy atom. The van der Waals surface area contributed by atoms with Crippen LogP contribution in [0.3, 0.4) is 0 Å². The van der Waals surface area contributed by atoms with E-state index >= 15 is 0 Å². The first-order valence-corrected chi connectivity index (χ1v) is 21.2. The molecular formula is C56H51BrN2. The van der Waals surface area contributed by atoms with Crippen molar-refractivity contribution in [3.05, 3.63) is 204 Å². The van der Waals surface area contributed by atoms with Gasteiger partial charge in [-0.05, 0) is 110 Å². The molecule has 8 rings (SSSR count). The molecule has 0 aromatic heterocycles. The first-order valence-electron chi connectivity index (χ1n) is 20.4. The summed E-state index contributed by atoms with van der Waals surface area (Å²) in [6.45, 7) is 13.7. The molecule has 0 aliphatic heterocycles. The number of rotatable bonds is 9. The van der Waals surface area contributed by atoms with Gasteiger partial charge in [-0.15, -0.1) is 0 Å². The summed E-state index contributed by atoms with van der Waals surface area (Å²) in [5.74, 6) is 0. The predicted molar refractivity (Wildman–Crippen MR) is 258 cm³/mol. The third-order valence-electron chi connectivity index (χ3n) is 11.0. The SMILES string of the molecule is CC(C)(C)c1cc(-c2ccccc2)c(Nc2cc(Nc3c(-c4ccccc4)cc(C(C)(C)C)cc3-c3ccccc3)cc(-c3cccc(Br)c3)c2)c(-c2ccccc2)c1. The molecule has 0 heterocycles. The minimum Gasteiger partial charge on any atom is -0.354 e. The van der Waals surface area contributed by atoms with Gasteiger partial charge in [0.05, 0.1) is 11.4 Å². The van der Waals surface area contributed by atoms with Gasteiger partial charge < -0.3 is 10.6 Å². The van der Waals surface area contributed by atoms with E-state index in [1.807, 2.05) is 0 Å². The van der Waals surface area contributed by atoms with Crippen molar-refractivity contribution in [3.63, 3.8) is 0 Å².